The van der Waals surface area contributed by atoms with Crippen LogP contribution in [-0.2, 0) is 14.2 Å². The van der Waals surface area contributed by atoms with Gasteiger partial charge in [-0.15, -0.1) is 0 Å². The van der Waals surface area contributed by atoms with Gasteiger partial charge in [0.05, 0.1) is 13.2 Å². The van der Waals surface area contributed by atoms with E-state index in [4.69, 9.17) is 19.3 Å². The summed E-state index contributed by atoms with van der Waals surface area (Å²) in [4.78, 5) is 0. The molecule has 2 aliphatic heterocycles. The first-order valence-electron chi connectivity index (χ1n) is 7.08. The van der Waals surface area contributed by atoms with Crippen LogP contribution < -0.4 is 0 Å². The lowest BCUT2D eigenvalue weighted by Crippen LogP contribution is -2.64. The zero-order chi connectivity index (χ0) is 17.3. The van der Waals surface area contributed by atoms with Crippen LogP contribution in [0.25, 0.3) is 0 Å². The zero-order valence-electron chi connectivity index (χ0n) is 12.0. The summed E-state index contributed by atoms with van der Waals surface area (Å²) in [5.41, 5.74) is 0. The fraction of sp³-hybridized carbons (Fsp3) is 1.00. The van der Waals surface area contributed by atoms with Gasteiger partial charge in [-0.3, -0.25) is 0 Å². The molecule has 2 aliphatic rings. The van der Waals surface area contributed by atoms with Crippen molar-refractivity contribution >= 4 is 0 Å². The Bertz CT molecular complexity index is 378. The lowest BCUT2D eigenvalue weighted by atomic mass is 9.97. The number of rotatable bonds is 4. The standard InChI is InChI=1S/C12H22O11/c13-1-3-5(15)6(16)9(19)12(22-3)23-10-4(2-14)21-11(20)8(18)7(10)17/h3-20H,1-2H2/t3?,4?,5-,6?,7?,8+,9-,10-,11+,12-/m1/s1. The summed E-state index contributed by atoms with van der Waals surface area (Å²) in [6.07, 6.45) is -15.6. The van der Waals surface area contributed by atoms with Crippen LogP contribution in [0.2, 0.25) is 0 Å². The highest BCUT2D eigenvalue weighted by atomic mass is 16.7. The average Bonchev–Trinajstić information content (AvgIpc) is 2.55. The van der Waals surface area contributed by atoms with Gasteiger partial charge in [0.2, 0.25) is 0 Å². The van der Waals surface area contributed by atoms with Gasteiger partial charge in [-0.05, 0) is 0 Å². The maximum Gasteiger partial charge on any atom is 0.187 e. The third kappa shape index (κ3) is 3.65. The molecule has 0 bridgehead atoms. The van der Waals surface area contributed by atoms with Crippen LogP contribution in [0.3, 0.4) is 0 Å². The molecule has 0 aliphatic carbocycles. The number of hydrogen-bond acceptors (Lipinski definition) is 11. The van der Waals surface area contributed by atoms with E-state index in [2.05, 4.69) is 0 Å². The molecule has 23 heavy (non-hydrogen) atoms. The van der Waals surface area contributed by atoms with Crippen LogP contribution in [0.1, 0.15) is 0 Å². The van der Waals surface area contributed by atoms with E-state index in [9.17, 15) is 35.7 Å². The monoisotopic (exact) mass is 342 g/mol. The largest absolute Gasteiger partial charge is 0.394 e. The predicted molar refractivity (Wildman–Crippen MR) is 68.6 cm³/mol. The summed E-state index contributed by atoms with van der Waals surface area (Å²) in [5, 5.41) is 76.5. The molecular formula is C12H22O11. The molecule has 2 fully saturated rings. The first-order valence-corrected chi connectivity index (χ1v) is 7.08. The SMILES string of the molecule is OCC1O[C@H](O[C@@H]2C(CO)O[C@H](O)[C@@H](O)C2O)[C@H](O)C(O)[C@@H]1O. The molecule has 0 spiro atoms. The van der Waals surface area contributed by atoms with E-state index in [1.807, 2.05) is 0 Å². The molecule has 4 unspecified atom stereocenters. The van der Waals surface area contributed by atoms with Crippen molar-refractivity contribution in [3.05, 3.63) is 0 Å². The van der Waals surface area contributed by atoms with Gasteiger partial charge in [0.25, 0.3) is 0 Å². The maximum atomic E-state index is 9.94. The molecule has 10 atom stereocenters. The normalized spacial score (nSPS) is 51.7. The van der Waals surface area contributed by atoms with Crippen molar-refractivity contribution < 1.29 is 55.1 Å². The number of hydrogen-bond donors (Lipinski definition) is 8. The van der Waals surface area contributed by atoms with E-state index in [1.54, 1.807) is 0 Å². The van der Waals surface area contributed by atoms with Crippen molar-refractivity contribution in [3.63, 3.8) is 0 Å². The Kier molecular flexibility index (Phi) is 6.27. The Hall–Kier alpha value is -0.440. The van der Waals surface area contributed by atoms with E-state index < -0.39 is 74.6 Å². The molecule has 0 amide bonds. The van der Waals surface area contributed by atoms with Gasteiger partial charge in [-0.2, -0.15) is 0 Å². The lowest BCUT2D eigenvalue weighted by Gasteiger charge is -2.45. The second kappa shape index (κ2) is 7.63. The summed E-state index contributed by atoms with van der Waals surface area (Å²) in [6.45, 7) is -1.35. The minimum Gasteiger partial charge on any atom is -0.394 e. The predicted octanol–water partition coefficient (Wildman–Crippen LogP) is -5.40. The summed E-state index contributed by atoms with van der Waals surface area (Å²) in [5.74, 6) is 0. The molecule has 136 valence electrons. The highest BCUT2D eigenvalue weighted by Crippen LogP contribution is 2.28. The van der Waals surface area contributed by atoms with Gasteiger partial charge in [0.1, 0.15) is 48.8 Å². The van der Waals surface area contributed by atoms with Crippen LogP contribution >= 0.6 is 0 Å². The van der Waals surface area contributed by atoms with Gasteiger partial charge in [-0.1, -0.05) is 0 Å². The second-order valence-corrected chi connectivity index (χ2v) is 5.53. The van der Waals surface area contributed by atoms with E-state index in [1.165, 1.54) is 0 Å². The molecule has 2 saturated heterocycles. The lowest BCUT2D eigenvalue weighted by molar-refractivity contribution is -0.355. The van der Waals surface area contributed by atoms with Gasteiger partial charge in [0, 0.05) is 0 Å². The molecule has 8 N–H and O–H groups in total. The Morgan fingerprint density at radius 3 is 1.83 bits per heavy atom. The molecule has 0 aromatic rings. The van der Waals surface area contributed by atoms with E-state index in [0.29, 0.717) is 0 Å². The molecule has 0 radical (unpaired) electrons. The van der Waals surface area contributed by atoms with Crippen LogP contribution in [0.5, 0.6) is 0 Å². The van der Waals surface area contributed by atoms with Gasteiger partial charge in [-0.25, -0.2) is 0 Å². The van der Waals surface area contributed by atoms with E-state index in [-0.39, 0.29) is 0 Å². The van der Waals surface area contributed by atoms with E-state index in [0.717, 1.165) is 0 Å². The molecule has 2 rings (SSSR count). The van der Waals surface area contributed by atoms with Crippen molar-refractivity contribution in [2.75, 3.05) is 13.2 Å². The van der Waals surface area contributed by atoms with Crippen molar-refractivity contribution in [3.8, 4) is 0 Å². The van der Waals surface area contributed by atoms with Crippen LogP contribution in [0.4, 0.5) is 0 Å². The third-order valence-corrected chi connectivity index (χ3v) is 3.98. The molecule has 11 nitrogen and oxygen atoms in total. The topological polar surface area (TPSA) is 190 Å². The Balaban J connectivity index is 2.11. The molecule has 0 aromatic heterocycles. The van der Waals surface area contributed by atoms with Crippen molar-refractivity contribution in [2.45, 2.75) is 61.4 Å². The van der Waals surface area contributed by atoms with Gasteiger partial charge >= 0.3 is 0 Å². The molecule has 2 heterocycles. The van der Waals surface area contributed by atoms with Crippen LogP contribution in [-0.4, -0.2) is 115 Å². The fourth-order valence-corrected chi connectivity index (χ4v) is 2.57. The maximum absolute atomic E-state index is 9.94. The molecular weight excluding hydrogens is 320 g/mol. The highest BCUT2D eigenvalue weighted by Gasteiger charge is 2.50. The zero-order valence-corrected chi connectivity index (χ0v) is 12.0. The Labute approximate surface area is 130 Å². The number of aliphatic hydroxyl groups is 8. The van der Waals surface area contributed by atoms with E-state index >= 15 is 0 Å². The van der Waals surface area contributed by atoms with Crippen molar-refractivity contribution in [2.24, 2.45) is 0 Å². The quantitative estimate of drug-likeness (QED) is 0.243. The summed E-state index contributed by atoms with van der Waals surface area (Å²) < 4.78 is 15.3. The minimum absolute atomic E-state index is 0.667. The molecule has 11 heteroatoms. The average molecular weight is 342 g/mol. The third-order valence-electron chi connectivity index (χ3n) is 3.98. The number of aliphatic hydroxyl groups excluding tert-OH is 8. The molecule has 0 saturated carbocycles. The Morgan fingerprint density at radius 2 is 1.26 bits per heavy atom. The second-order valence-electron chi connectivity index (χ2n) is 5.53. The fourth-order valence-electron chi connectivity index (χ4n) is 2.57. The van der Waals surface area contributed by atoms with Gasteiger partial charge < -0.3 is 55.1 Å². The highest BCUT2D eigenvalue weighted by molar-refractivity contribution is 4.93. The minimum atomic E-state index is -1.74. The molecule has 0 aromatic carbocycles. The summed E-state index contributed by atoms with van der Waals surface area (Å²) in [6, 6.07) is 0. The van der Waals surface area contributed by atoms with Crippen molar-refractivity contribution in [1.82, 2.24) is 0 Å². The first kappa shape index (κ1) is 18.9. The first-order chi connectivity index (χ1) is 10.8. The number of ether oxygens (including phenoxy) is 3. The van der Waals surface area contributed by atoms with Crippen molar-refractivity contribution in [1.29, 1.82) is 0 Å². The van der Waals surface area contributed by atoms with Crippen LogP contribution in [0, 0.1) is 0 Å². The smallest absolute Gasteiger partial charge is 0.187 e. The Morgan fingerprint density at radius 1 is 0.652 bits per heavy atom. The summed E-state index contributed by atoms with van der Waals surface area (Å²) in [7, 11) is 0. The van der Waals surface area contributed by atoms with Gasteiger partial charge in [0.15, 0.2) is 12.6 Å². The van der Waals surface area contributed by atoms with Crippen LogP contribution in [0.15, 0.2) is 0 Å². The summed E-state index contributed by atoms with van der Waals surface area (Å²) >= 11 is 0.